The number of nitrogens with two attached hydrogens (primary N) is 1. The SMILES string of the molecule is C=C[C@H](C)[C@@H](Oc1ccccc1)[C@H](C)OC(=O)[C@H](C)N. The molecule has 1 rings (SSSR count). The Morgan fingerprint density at radius 1 is 1.25 bits per heavy atom. The highest BCUT2D eigenvalue weighted by atomic mass is 16.6. The Hall–Kier alpha value is -1.81. The van der Waals surface area contributed by atoms with E-state index in [1.54, 1.807) is 19.9 Å². The molecule has 0 fully saturated rings. The molecule has 0 aliphatic rings. The number of carbonyl (C=O) groups is 1. The van der Waals surface area contributed by atoms with E-state index in [2.05, 4.69) is 6.58 Å². The Morgan fingerprint density at radius 3 is 2.35 bits per heavy atom. The molecule has 110 valence electrons. The van der Waals surface area contributed by atoms with Crippen LogP contribution in [-0.2, 0) is 9.53 Å². The van der Waals surface area contributed by atoms with E-state index in [1.165, 1.54) is 0 Å². The van der Waals surface area contributed by atoms with Gasteiger partial charge in [0.25, 0.3) is 0 Å². The summed E-state index contributed by atoms with van der Waals surface area (Å²) in [5.41, 5.74) is 5.51. The highest BCUT2D eigenvalue weighted by Gasteiger charge is 2.27. The highest BCUT2D eigenvalue weighted by molar-refractivity contribution is 5.75. The molecule has 0 amide bonds. The van der Waals surface area contributed by atoms with Crippen molar-refractivity contribution < 1.29 is 14.3 Å². The summed E-state index contributed by atoms with van der Waals surface area (Å²) < 4.78 is 11.3. The molecule has 0 bridgehead atoms. The van der Waals surface area contributed by atoms with Crippen LogP contribution in [0.2, 0.25) is 0 Å². The first-order chi connectivity index (χ1) is 9.45. The summed E-state index contributed by atoms with van der Waals surface area (Å²) in [5, 5.41) is 0. The second-order valence-electron chi connectivity index (χ2n) is 4.92. The van der Waals surface area contributed by atoms with Crippen LogP contribution in [-0.4, -0.2) is 24.2 Å². The number of hydrogen-bond donors (Lipinski definition) is 1. The van der Waals surface area contributed by atoms with Crippen molar-refractivity contribution in [3.8, 4) is 5.75 Å². The maximum Gasteiger partial charge on any atom is 0.323 e. The van der Waals surface area contributed by atoms with Gasteiger partial charge >= 0.3 is 5.97 Å². The molecule has 0 saturated heterocycles. The first-order valence-corrected chi connectivity index (χ1v) is 6.76. The van der Waals surface area contributed by atoms with E-state index < -0.39 is 18.1 Å². The molecular formula is C16H23NO3. The van der Waals surface area contributed by atoms with Crippen LogP contribution in [0.15, 0.2) is 43.0 Å². The third-order valence-electron chi connectivity index (χ3n) is 3.04. The molecule has 0 aliphatic heterocycles. The molecule has 4 nitrogen and oxygen atoms in total. The van der Waals surface area contributed by atoms with Crippen molar-refractivity contribution in [2.45, 2.75) is 39.0 Å². The van der Waals surface area contributed by atoms with Gasteiger partial charge in [-0.2, -0.15) is 0 Å². The fourth-order valence-corrected chi connectivity index (χ4v) is 1.78. The third-order valence-corrected chi connectivity index (χ3v) is 3.04. The maximum atomic E-state index is 11.6. The van der Waals surface area contributed by atoms with E-state index in [1.807, 2.05) is 37.3 Å². The Bertz CT molecular complexity index is 431. The lowest BCUT2D eigenvalue weighted by Gasteiger charge is -2.29. The zero-order valence-electron chi connectivity index (χ0n) is 12.3. The van der Waals surface area contributed by atoms with Gasteiger partial charge < -0.3 is 15.2 Å². The number of hydrogen-bond acceptors (Lipinski definition) is 4. The Morgan fingerprint density at radius 2 is 1.85 bits per heavy atom. The molecule has 1 aromatic rings. The Labute approximate surface area is 120 Å². The standard InChI is InChI=1S/C16H23NO3/c1-5-11(2)15(13(4)19-16(18)12(3)17)20-14-9-7-6-8-10-14/h5-13,15H,1,17H2,2-4H3/t11-,12-,13-,15+/m0/s1. The van der Waals surface area contributed by atoms with Crippen LogP contribution in [0.5, 0.6) is 5.75 Å². The second-order valence-corrected chi connectivity index (χ2v) is 4.92. The van der Waals surface area contributed by atoms with Crippen molar-refractivity contribution in [3.63, 3.8) is 0 Å². The highest BCUT2D eigenvalue weighted by Crippen LogP contribution is 2.20. The van der Waals surface area contributed by atoms with Crippen LogP contribution < -0.4 is 10.5 Å². The fraction of sp³-hybridized carbons (Fsp3) is 0.438. The van der Waals surface area contributed by atoms with Crippen molar-refractivity contribution in [2.75, 3.05) is 0 Å². The molecule has 4 heteroatoms. The van der Waals surface area contributed by atoms with Gasteiger partial charge in [-0.05, 0) is 26.0 Å². The number of carbonyl (C=O) groups excluding carboxylic acids is 1. The van der Waals surface area contributed by atoms with Crippen LogP contribution in [0.25, 0.3) is 0 Å². The smallest absolute Gasteiger partial charge is 0.323 e. The molecule has 0 spiro atoms. The van der Waals surface area contributed by atoms with Gasteiger partial charge in [-0.1, -0.05) is 31.2 Å². The molecule has 1 aromatic carbocycles. The van der Waals surface area contributed by atoms with Crippen molar-refractivity contribution in [3.05, 3.63) is 43.0 Å². The summed E-state index contributed by atoms with van der Waals surface area (Å²) in [6.45, 7) is 9.14. The van der Waals surface area contributed by atoms with Gasteiger partial charge in [-0.25, -0.2) is 0 Å². The van der Waals surface area contributed by atoms with Crippen molar-refractivity contribution in [2.24, 2.45) is 11.7 Å². The topological polar surface area (TPSA) is 61.5 Å². The van der Waals surface area contributed by atoms with Gasteiger partial charge in [0.1, 0.15) is 24.0 Å². The minimum absolute atomic E-state index is 0.0334. The minimum atomic E-state index is -0.645. The number of benzene rings is 1. The van der Waals surface area contributed by atoms with Crippen molar-refractivity contribution in [1.29, 1.82) is 0 Å². The predicted octanol–water partition coefficient (Wildman–Crippen LogP) is 2.54. The zero-order valence-corrected chi connectivity index (χ0v) is 12.3. The molecule has 0 aliphatic carbocycles. The first kappa shape index (κ1) is 16.2. The van der Waals surface area contributed by atoms with E-state index in [-0.39, 0.29) is 12.0 Å². The van der Waals surface area contributed by atoms with Gasteiger partial charge in [0.15, 0.2) is 0 Å². The quantitative estimate of drug-likeness (QED) is 0.614. The third kappa shape index (κ3) is 4.70. The molecular weight excluding hydrogens is 254 g/mol. The molecule has 0 unspecified atom stereocenters. The van der Waals surface area contributed by atoms with Gasteiger partial charge in [0.05, 0.1) is 0 Å². The number of para-hydroxylation sites is 1. The van der Waals surface area contributed by atoms with Crippen LogP contribution in [0, 0.1) is 5.92 Å². The van der Waals surface area contributed by atoms with Crippen molar-refractivity contribution in [1.82, 2.24) is 0 Å². The monoisotopic (exact) mass is 277 g/mol. The predicted molar refractivity (Wildman–Crippen MR) is 79.4 cm³/mol. The molecule has 0 radical (unpaired) electrons. The van der Waals surface area contributed by atoms with Gasteiger partial charge in [0, 0.05) is 5.92 Å². The number of ether oxygens (including phenoxy) is 2. The number of esters is 1. The van der Waals surface area contributed by atoms with E-state index >= 15 is 0 Å². The summed E-state index contributed by atoms with van der Waals surface area (Å²) in [7, 11) is 0. The average Bonchev–Trinajstić information content (AvgIpc) is 2.44. The zero-order chi connectivity index (χ0) is 15.1. The van der Waals surface area contributed by atoms with Crippen LogP contribution >= 0.6 is 0 Å². The fourth-order valence-electron chi connectivity index (χ4n) is 1.78. The van der Waals surface area contributed by atoms with Crippen LogP contribution in [0.1, 0.15) is 20.8 Å². The van der Waals surface area contributed by atoms with E-state index in [4.69, 9.17) is 15.2 Å². The molecule has 20 heavy (non-hydrogen) atoms. The van der Waals surface area contributed by atoms with E-state index in [9.17, 15) is 4.79 Å². The van der Waals surface area contributed by atoms with E-state index in [0.717, 1.165) is 5.75 Å². The summed E-state index contributed by atoms with van der Waals surface area (Å²) in [6, 6.07) is 8.78. The maximum absolute atomic E-state index is 11.6. The summed E-state index contributed by atoms with van der Waals surface area (Å²) >= 11 is 0. The normalized spacial score (nSPS) is 16.6. The number of rotatable bonds is 7. The van der Waals surface area contributed by atoms with Gasteiger partial charge in [0.2, 0.25) is 0 Å². The van der Waals surface area contributed by atoms with Gasteiger partial charge in [-0.3, -0.25) is 4.79 Å². The first-order valence-electron chi connectivity index (χ1n) is 6.76. The lowest BCUT2D eigenvalue weighted by molar-refractivity contribution is -0.154. The van der Waals surface area contributed by atoms with Crippen LogP contribution in [0.4, 0.5) is 0 Å². The Balaban J connectivity index is 2.78. The summed E-state index contributed by atoms with van der Waals surface area (Å²) in [5.74, 6) is 0.330. The molecule has 0 aromatic heterocycles. The largest absolute Gasteiger partial charge is 0.486 e. The van der Waals surface area contributed by atoms with E-state index in [0.29, 0.717) is 0 Å². The molecule has 0 heterocycles. The molecule has 0 saturated carbocycles. The lowest BCUT2D eigenvalue weighted by Crippen LogP contribution is -2.41. The summed E-state index contributed by atoms with van der Waals surface area (Å²) in [4.78, 5) is 11.6. The van der Waals surface area contributed by atoms with Crippen molar-refractivity contribution >= 4 is 5.97 Å². The van der Waals surface area contributed by atoms with Crippen LogP contribution in [0.3, 0.4) is 0 Å². The lowest BCUT2D eigenvalue weighted by atomic mass is 10.0. The molecule has 4 atom stereocenters. The van der Waals surface area contributed by atoms with Gasteiger partial charge in [-0.15, -0.1) is 6.58 Å². The molecule has 2 N–H and O–H groups in total. The Kier molecular flexibility index (Phi) is 6.25. The summed E-state index contributed by atoms with van der Waals surface area (Å²) in [6.07, 6.45) is 1.06. The second kappa shape index (κ2) is 7.70. The average molecular weight is 277 g/mol. The minimum Gasteiger partial charge on any atom is -0.486 e.